The minimum Gasteiger partial charge on any atom is -0.497 e. The second-order valence-electron chi connectivity index (χ2n) is 5.37. The van der Waals surface area contributed by atoms with Gasteiger partial charge in [0, 0.05) is 18.8 Å². The molecule has 3 rings (SSSR count). The third-order valence-corrected chi connectivity index (χ3v) is 4.03. The summed E-state index contributed by atoms with van der Waals surface area (Å²) in [5.41, 5.74) is 2.51. The molecule has 0 amide bonds. The van der Waals surface area contributed by atoms with Gasteiger partial charge in [-0.25, -0.2) is 0 Å². The third kappa shape index (κ3) is 2.64. The Labute approximate surface area is 119 Å². The maximum atomic E-state index is 5.28. The zero-order chi connectivity index (χ0) is 13.9. The van der Waals surface area contributed by atoms with Gasteiger partial charge in [-0.3, -0.25) is 4.68 Å². The Morgan fingerprint density at radius 3 is 2.95 bits per heavy atom. The normalized spacial score (nSPS) is 21.3. The van der Waals surface area contributed by atoms with Crippen molar-refractivity contribution in [1.29, 1.82) is 0 Å². The number of methoxy groups -OCH3 is 1. The maximum Gasteiger partial charge on any atom is 0.119 e. The number of benzene rings is 1. The Balaban J connectivity index is 1.55. The molecule has 1 aromatic carbocycles. The summed E-state index contributed by atoms with van der Waals surface area (Å²) in [6.07, 6.45) is 6.32. The van der Waals surface area contributed by atoms with Crippen molar-refractivity contribution in [2.24, 2.45) is 0 Å². The SMILES string of the molecule is CCn1cc(NC2CC(c3cccc(OC)c3)C2)cn1. The van der Waals surface area contributed by atoms with E-state index in [4.69, 9.17) is 4.74 Å². The molecule has 0 unspecified atom stereocenters. The molecule has 0 saturated heterocycles. The van der Waals surface area contributed by atoms with Gasteiger partial charge in [-0.05, 0) is 43.4 Å². The summed E-state index contributed by atoms with van der Waals surface area (Å²) in [5, 5.41) is 7.83. The highest BCUT2D eigenvalue weighted by Crippen LogP contribution is 2.39. The molecule has 1 N–H and O–H groups in total. The van der Waals surface area contributed by atoms with Gasteiger partial charge in [-0.2, -0.15) is 5.10 Å². The van der Waals surface area contributed by atoms with Crippen LogP contribution in [0.4, 0.5) is 5.69 Å². The Bertz CT molecular complexity index is 573. The van der Waals surface area contributed by atoms with E-state index in [-0.39, 0.29) is 0 Å². The summed E-state index contributed by atoms with van der Waals surface area (Å²) in [7, 11) is 1.72. The number of nitrogens with one attached hydrogen (secondary N) is 1. The zero-order valence-corrected chi connectivity index (χ0v) is 12.0. The van der Waals surface area contributed by atoms with Crippen LogP contribution in [0.25, 0.3) is 0 Å². The molecule has 0 aliphatic heterocycles. The van der Waals surface area contributed by atoms with Crippen molar-refractivity contribution in [1.82, 2.24) is 9.78 Å². The van der Waals surface area contributed by atoms with Gasteiger partial charge in [-0.1, -0.05) is 12.1 Å². The number of hydrogen-bond donors (Lipinski definition) is 1. The Morgan fingerprint density at radius 2 is 2.25 bits per heavy atom. The van der Waals surface area contributed by atoms with E-state index in [9.17, 15) is 0 Å². The van der Waals surface area contributed by atoms with Crippen LogP contribution in [-0.4, -0.2) is 22.9 Å². The molecule has 0 radical (unpaired) electrons. The van der Waals surface area contributed by atoms with Gasteiger partial charge in [0.25, 0.3) is 0 Å². The topological polar surface area (TPSA) is 39.1 Å². The lowest BCUT2D eigenvalue weighted by Crippen LogP contribution is -2.33. The summed E-state index contributed by atoms with van der Waals surface area (Å²) in [6.45, 7) is 3.01. The molecule has 1 fully saturated rings. The molecule has 1 aliphatic rings. The fraction of sp³-hybridized carbons (Fsp3) is 0.438. The van der Waals surface area contributed by atoms with Gasteiger partial charge in [0.1, 0.15) is 5.75 Å². The second kappa shape index (κ2) is 5.57. The minimum absolute atomic E-state index is 0.556. The number of aryl methyl sites for hydroxylation is 1. The number of ether oxygens (including phenoxy) is 1. The average molecular weight is 271 g/mol. The first-order chi connectivity index (χ1) is 9.78. The van der Waals surface area contributed by atoms with Crippen molar-refractivity contribution in [2.45, 2.75) is 38.3 Å². The molecular weight excluding hydrogens is 250 g/mol. The zero-order valence-electron chi connectivity index (χ0n) is 12.0. The molecule has 0 atom stereocenters. The van der Waals surface area contributed by atoms with Gasteiger partial charge >= 0.3 is 0 Å². The van der Waals surface area contributed by atoms with Crippen LogP contribution in [0.15, 0.2) is 36.7 Å². The van der Waals surface area contributed by atoms with Gasteiger partial charge in [-0.15, -0.1) is 0 Å². The van der Waals surface area contributed by atoms with E-state index in [0.29, 0.717) is 12.0 Å². The molecule has 106 valence electrons. The first-order valence-corrected chi connectivity index (χ1v) is 7.21. The Hall–Kier alpha value is -1.97. The van der Waals surface area contributed by atoms with Gasteiger partial charge in [0.05, 0.1) is 19.0 Å². The molecule has 0 bridgehead atoms. The van der Waals surface area contributed by atoms with E-state index in [1.54, 1.807) is 7.11 Å². The molecular formula is C16H21N3O. The van der Waals surface area contributed by atoms with Gasteiger partial charge in [0.2, 0.25) is 0 Å². The molecule has 1 aliphatic carbocycles. The summed E-state index contributed by atoms with van der Waals surface area (Å²) < 4.78 is 7.23. The number of aromatic nitrogens is 2. The van der Waals surface area contributed by atoms with Crippen molar-refractivity contribution in [3.63, 3.8) is 0 Å². The van der Waals surface area contributed by atoms with Crippen LogP contribution in [0.3, 0.4) is 0 Å². The van der Waals surface area contributed by atoms with Crippen LogP contribution in [0.5, 0.6) is 5.75 Å². The van der Waals surface area contributed by atoms with Crippen LogP contribution < -0.4 is 10.1 Å². The smallest absolute Gasteiger partial charge is 0.119 e. The largest absolute Gasteiger partial charge is 0.497 e. The number of anilines is 1. The van der Waals surface area contributed by atoms with Crippen molar-refractivity contribution >= 4 is 5.69 Å². The lowest BCUT2D eigenvalue weighted by molar-refractivity contribution is 0.370. The van der Waals surface area contributed by atoms with Crippen molar-refractivity contribution in [2.75, 3.05) is 12.4 Å². The van der Waals surface area contributed by atoms with Crippen LogP contribution in [0, 0.1) is 0 Å². The highest BCUT2D eigenvalue weighted by molar-refractivity contribution is 5.41. The molecule has 20 heavy (non-hydrogen) atoms. The first-order valence-electron chi connectivity index (χ1n) is 7.21. The summed E-state index contributed by atoms with van der Waals surface area (Å²) in [4.78, 5) is 0. The molecule has 2 aromatic rings. The van der Waals surface area contributed by atoms with Crippen LogP contribution >= 0.6 is 0 Å². The summed E-state index contributed by atoms with van der Waals surface area (Å²) >= 11 is 0. The highest BCUT2D eigenvalue weighted by Gasteiger charge is 2.30. The highest BCUT2D eigenvalue weighted by atomic mass is 16.5. The molecule has 0 spiro atoms. The van der Waals surface area contributed by atoms with E-state index < -0.39 is 0 Å². The van der Waals surface area contributed by atoms with E-state index in [1.807, 2.05) is 16.9 Å². The van der Waals surface area contributed by atoms with Crippen LogP contribution in [0.1, 0.15) is 31.2 Å². The predicted molar refractivity (Wildman–Crippen MR) is 80.3 cm³/mol. The van der Waals surface area contributed by atoms with Crippen molar-refractivity contribution in [3.8, 4) is 5.75 Å². The summed E-state index contributed by atoms with van der Waals surface area (Å²) in [6, 6.07) is 8.96. The van der Waals surface area contributed by atoms with E-state index in [0.717, 1.165) is 18.0 Å². The monoisotopic (exact) mass is 271 g/mol. The molecule has 4 heteroatoms. The third-order valence-electron chi connectivity index (χ3n) is 4.03. The van der Waals surface area contributed by atoms with E-state index in [1.165, 1.54) is 18.4 Å². The Morgan fingerprint density at radius 1 is 1.40 bits per heavy atom. The maximum absolute atomic E-state index is 5.28. The minimum atomic E-state index is 0.556. The first kappa shape index (κ1) is 13.0. The predicted octanol–water partition coefficient (Wildman–Crippen LogP) is 3.27. The lowest BCUT2D eigenvalue weighted by Gasteiger charge is -2.36. The molecule has 1 aromatic heterocycles. The fourth-order valence-corrected chi connectivity index (χ4v) is 2.75. The van der Waals surface area contributed by atoms with Gasteiger partial charge in [0.15, 0.2) is 0 Å². The molecule has 1 saturated carbocycles. The number of hydrogen-bond acceptors (Lipinski definition) is 3. The van der Waals surface area contributed by atoms with Crippen molar-refractivity contribution < 1.29 is 4.74 Å². The van der Waals surface area contributed by atoms with Gasteiger partial charge < -0.3 is 10.1 Å². The molecule has 1 heterocycles. The van der Waals surface area contributed by atoms with Crippen LogP contribution in [-0.2, 0) is 6.54 Å². The lowest BCUT2D eigenvalue weighted by atomic mass is 9.76. The summed E-state index contributed by atoms with van der Waals surface area (Å²) in [5.74, 6) is 1.59. The van der Waals surface area contributed by atoms with Crippen molar-refractivity contribution in [3.05, 3.63) is 42.2 Å². The van der Waals surface area contributed by atoms with Crippen LogP contribution in [0.2, 0.25) is 0 Å². The average Bonchev–Trinajstić information content (AvgIpc) is 2.90. The van der Waals surface area contributed by atoms with E-state index >= 15 is 0 Å². The number of nitrogens with zero attached hydrogens (tertiary/aromatic N) is 2. The molecule has 4 nitrogen and oxygen atoms in total. The standard InChI is InChI=1S/C16H21N3O/c1-3-19-11-15(10-17-19)18-14-7-13(8-14)12-5-4-6-16(9-12)20-2/h4-6,9-11,13-14,18H,3,7-8H2,1-2H3. The quantitative estimate of drug-likeness (QED) is 0.907. The van der Waals surface area contributed by atoms with E-state index in [2.05, 4.69) is 41.7 Å². The second-order valence-corrected chi connectivity index (χ2v) is 5.37. The number of rotatable bonds is 5. The Kier molecular flexibility index (Phi) is 3.63. The fourth-order valence-electron chi connectivity index (χ4n) is 2.75.